The zero-order valence-corrected chi connectivity index (χ0v) is 13.0. The average molecular weight is 268 g/mol. The first-order valence-electron chi connectivity index (χ1n) is 8.31. The maximum Gasteiger partial charge on any atom is 0.0827 e. The summed E-state index contributed by atoms with van der Waals surface area (Å²) in [5, 5.41) is 3.73. The Kier molecular flexibility index (Phi) is 6.11. The van der Waals surface area contributed by atoms with E-state index in [1.54, 1.807) is 0 Å². The molecule has 0 aromatic heterocycles. The van der Waals surface area contributed by atoms with Crippen LogP contribution in [0.15, 0.2) is 0 Å². The van der Waals surface area contributed by atoms with Crippen LogP contribution in [0.5, 0.6) is 0 Å². The van der Waals surface area contributed by atoms with Crippen LogP contribution in [-0.4, -0.2) is 49.3 Å². The fourth-order valence-corrected chi connectivity index (χ4v) is 3.35. The first-order chi connectivity index (χ1) is 9.22. The standard InChI is InChI=1S/C16H32N2O/c1-4-13(3)9-14(5-2)17-10-16-11-18-8-6-7-15(18)12-19-16/h13-17H,4-12H2,1-3H3. The van der Waals surface area contributed by atoms with Crippen molar-refractivity contribution in [1.82, 2.24) is 10.2 Å². The summed E-state index contributed by atoms with van der Waals surface area (Å²) in [6.07, 6.45) is 6.91. The largest absolute Gasteiger partial charge is 0.374 e. The summed E-state index contributed by atoms with van der Waals surface area (Å²) >= 11 is 0. The van der Waals surface area contributed by atoms with Gasteiger partial charge in [-0.05, 0) is 38.1 Å². The molecular formula is C16H32N2O. The van der Waals surface area contributed by atoms with E-state index in [0.29, 0.717) is 12.1 Å². The molecule has 0 saturated carbocycles. The van der Waals surface area contributed by atoms with Crippen LogP contribution in [0.25, 0.3) is 0 Å². The zero-order valence-electron chi connectivity index (χ0n) is 13.0. The van der Waals surface area contributed by atoms with Crippen molar-refractivity contribution in [2.24, 2.45) is 5.92 Å². The molecule has 3 heteroatoms. The number of fused-ring (bicyclic) bond motifs is 1. The van der Waals surface area contributed by atoms with Crippen LogP contribution < -0.4 is 5.32 Å². The van der Waals surface area contributed by atoms with Gasteiger partial charge in [0.15, 0.2) is 0 Å². The molecule has 0 aliphatic carbocycles. The van der Waals surface area contributed by atoms with Crippen molar-refractivity contribution in [3.8, 4) is 0 Å². The summed E-state index contributed by atoms with van der Waals surface area (Å²) in [6, 6.07) is 1.38. The van der Waals surface area contributed by atoms with Crippen LogP contribution in [0.3, 0.4) is 0 Å². The van der Waals surface area contributed by atoms with Crippen molar-refractivity contribution in [3.63, 3.8) is 0 Å². The molecule has 112 valence electrons. The number of rotatable bonds is 7. The van der Waals surface area contributed by atoms with E-state index in [4.69, 9.17) is 4.74 Å². The summed E-state index contributed by atoms with van der Waals surface area (Å²) in [5.41, 5.74) is 0. The molecule has 4 atom stereocenters. The van der Waals surface area contributed by atoms with Gasteiger partial charge in [-0.1, -0.05) is 27.2 Å². The van der Waals surface area contributed by atoms with Gasteiger partial charge in [-0.3, -0.25) is 4.90 Å². The van der Waals surface area contributed by atoms with Gasteiger partial charge in [0.1, 0.15) is 0 Å². The molecule has 0 radical (unpaired) electrons. The van der Waals surface area contributed by atoms with Gasteiger partial charge in [0, 0.05) is 25.2 Å². The molecule has 2 rings (SSSR count). The number of morpholine rings is 1. The molecule has 19 heavy (non-hydrogen) atoms. The third kappa shape index (κ3) is 4.44. The maximum absolute atomic E-state index is 6.01. The Morgan fingerprint density at radius 1 is 1.32 bits per heavy atom. The first-order valence-corrected chi connectivity index (χ1v) is 8.31. The fourth-order valence-electron chi connectivity index (χ4n) is 3.35. The number of hydrogen-bond donors (Lipinski definition) is 1. The molecule has 0 amide bonds. The highest BCUT2D eigenvalue weighted by Crippen LogP contribution is 2.22. The molecular weight excluding hydrogens is 236 g/mol. The van der Waals surface area contributed by atoms with E-state index < -0.39 is 0 Å². The van der Waals surface area contributed by atoms with Crippen molar-refractivity contribution in [2.75, 3.05) is 26.2 Å². The van der Waals surface area contributed by atoms with Crippen molar-refractivity contribution in [3.05, 3.63) is 0 Å². The highest BCUT2D eigenvalue weighted by atomic mass is 16.5. The third-order valence-corrected chi connectivity index (χ3v) is 4.97. The predicted octanol–water partition coefficient (Wildman–Crippen LogP) is 2.65. The predicted molar refractivity (Wildman–Crippen MR) is 80.5 cm³/mol. The Hall–Kier alpha value is -0.120. The van der Waals surface area contributed by atoms with E-state index in [2.05, 4.69) is 31.0 Å². The second-order valence-corrected chi connectivity index (χ2v) is 6.51. The Morgan fingerprint density at radius 2 is 2.16 bits per heavy atom. The van der Waals surface area contributed by atoms with Crippen molar-refractivity contribution < 1.29 is 4.74 Å². The lowest BCUT2D eigenvalue weighted by Crippen LogP contribution is -2.50. The van der Waals surface area contributed by atoms with Crippen LogP contribution in [-0.2, 0) is 4.74 Å². The SMILES string of the molecule is CCC(C)CC(CC)NCC1CN2CCCC2CO1. The summed E-state index contributed by atoms with van der Waals surface area (Å²) in [4.78, 5) is 2.63. The molecule has 0 aromatic rings. The Morgan fingerprint density at radius 3 is 2.89 bits per heavy atom. The van der Waals surface area contributed by atoms with Gasteiger partial charge in [-0.25, -0.2) is 0 Å². The van der Waals surface area contributed by atoms with E-state index in [1.165, 1.54) is 38.6 Å². The molecule has 4 unspecified atom stereocenters. The molecule has 2 heterocycles. The minimum Gasteiger partial charge on any atom is -0.374 e. The molecule has 0 aromatic carbocycles. The average Bonchev–Trinajstić information content (AvgIpc) is 2.90. The number of nitrogens with one attached hydrogen (secondary N) is 1. The maximum atomic E-state index is 6.01. The Labute approximate surface area is 119 Å². The van der Waals surface area contributed by atoms with Gasteiger partial charge in [0.25, 0.3) is 0 Å². The molecule has 3 nitrogen and oxygen atoms in total. The normalized spacial score (nSPS) is 31.1. The first kappa shape index (κ1) is 15.3. The van der Waals surface area contributed by atoms with E-state index in [0.717, 1.165) is 31.7 Å². The summed E-state index contributed by atoms with van der Waals surface area (Å²) in [7, 11) is 0. The lowest BCUT2D eigenvalue weighted by molar-refractivity contribution is -0.0481. The highest BCUT2D eigenvalue weighted by molar-refractivity contribution is 4.86. The van der Waals surface area contributed by atoms with Crippen molar-refractivity contribution >= 4 is 0 Å². The highest BCUT2D eigenvalue weighted by Gasteiger charge is 2.32. The second kappa shape index (κ2) is 7.61. The van der Waals surface area contributed by atoms with Gasteiger partial charge in [0.2, 0.25) is 0 Å². The topological polar surface area (TPSA) is 24.5 Å². The van der Waals surface area contributed by atoms with Gasteiger partial charge < -0.3 is 10.1 Å². The van der Waals surface area contributed by atoms with E-state index in [-0.39, 0.29) is 0 Å². The second-order valence-electron chi connectivity index (χ2n) is 6.51. The minimum atomic E-state index is 0.403. The lowest BCUT2D eigenvalue weighted by atomic mass is 9.97. The fraction of sp³-hybridized carbons (Fsp3) is 1.00. The number of ether oxygens (including phenoxy) is 1. The van der Waals surface area contributed by atoms with Crippen LogP contribution in [0, 0.1) is 5.92 Å². The lowest BCUT2D eigenvalue weighted by Gasteiger charge is -2.36. The van der Waals surface area contributed by atoms with E-state index in [1.807, 2.05) is 0 Å². The minimum absolute atomic E-state index is 0.403. The smallest absolute Gasteiger partial charge is 0.0827 e. The van der Waals surface area contributed by atoms with Crippen molar-refractivity contribution in [2.45, 2.75) is 71.1 Å². The third-order valence-electron chi connectivity index (χ3n) is 4.97. The van der Waals surface area contributed by atoms with Crippen LogP contribution in [0.4, 0.5) is 0 Å². The van der Waals surface area contributed by atoms with E-state index >= 15 is 0 Å². The summed E-state index contributed by atoms with van der Waals surface area (Å²) in [5.74, 6) is 0.827. The van der Waals surface area contributed by atoms with Crippen LogP contribution in [0.1, 0.15) is 52.9 Å². The van der Waals surface area contributed by atoms with Gasteiger partial charge in [-0.15, -0.1) is 0 Å². The molecule has 0 spiro atoms. The monoisotopic (exact) mass is 268 g/mol. The van der Waals surface area contributed by atoms with Gasteiger partial charge >= 0.3 is 0 Å². The Balaban J connectivity index is 1.69. The number of nitrogens with zero attached hydrogens (tertiary/aromatic N) is 1. The molecule has 2 aliphatic rings. The van der Waals surface area contributed by atoms with Gasteiger partial charge in [0.05, 0.1) is 12.7 Å². The summed E-state index contributed by atoms with van der Waals surface area (Å²) in [6.45, 7) is 11.3. The van der Waals surface area contributed by atoms with Gasteiger partial charge in [-0.2, -0.15) is 0 Å². The number of hydrogen-bond acceptors (Lipinski definition) is 3. The van der Waals surface area contributed by atoms with E-state index in [9.17, 15) is 0 Å². The van der Waals surface area contributed by atoms with Crippen molar-refractivity contribution in [1.29, 1.82) is 0 Å². The van der Waals surface area contributed by atoms with Crippen LogP contribution >= 0.6 is 0 Å². The molecule has 2 saturated heterocycles. The zero-order chi connectivity index (χ0) is 13.7. The molecule has 1 N–H and O–H groups in total. The molecule has 0 bridgehead atoms. The summed E-state index contributed by atoms with van der Waals surface area (Å²) < 4.78 is 6.01. The Bertz CT molecular complexity index is 259. The molecule has 2 fully saturated rings. The quantitative estimate of drug-likeness (QED) is 0.768. The molecule has 2 aliphatic heterocycles. The van der Waals surface area contributed by atoms with Crippen LogP contribution in [0.2, 0.25) is 0 Å².